The summed E-state index contributed by atoms with van der Waals surface area (Å²) in [6.07, 6.45) is 5.72. The van der Waals surface area contributed by atoms with Crippen molar-refractivity contribution in [3.05, 3.63) is 30.1 Å². The predicted molar refractivity (Wildman–Crippen MR) is 79.1 cm³/mol. The molecule has 2 aliphatic carbocycles. The van der Waals surface area contributed by atoms with E-state index in [0.717, 1.165) is 0 Å². The minimum atomic E-state index is -4.05. The number of fused-ring (bicyclic) bond motifs is 1. The monoisotopic (exact) mass is 359 g/mol. The van der Waals surface area contributed by atoms with Crippen LogP contribution in [0.5, 0.6) is 0 Å². The van der Waals surface area contributed by atoms with Gasteiger partial charge in [0.15, 0.2) is 12.0 Å². The van der Waals surface area contributed by atoms with Crippen molar-refractivity contribution in [2.24, 2.45) is 5.92 Å². The zero-order chi connectivity index (χ0) is 17.1. The van der Waals surface area contributed by atoms with Crippen molar-refractivity contribution in [1.29, 1.82) is 0 Å². The molecule has 1 aromatic heterocycles. The van der Waals surface area contributed by atoms with Crippen molar-refractivity contribution in [2.45, 2.75) is 54.2 Å². The highest BCUT2D eigenvalue weighted by atomic mass is 32.2. The maximum absolute atomic E-state index is 14.3. The maximum Gasteiger partial charge on any atom is 0.267 e. The molecule has 130 valence electrons. The van der Waals surface area contributed by atoms with Gasteiger partial charge in [-0.2, -0.15) is 4.98 Å². The van der Waals surface area contributed by atoms with Crippen molar-refractivity contribution in [3.8, 4) is 0 Å². The van der Waals surface area contributed by atoms with Gasteiger partial charge in [-0.15, -0.1) is 5.10 Å². The van der Waals surface area contributed by atoms with E-state index in [9.17, 15) is 21.6 Å². The number of halogens is 3. The number of hydrogen-bond donors (Lipinski definition) is 0. The number of aromatic nitrogens is 3. The summed E-state index contributed by atoms with van der Waals surface area (Å²) in [5, 5.41) is 2.28. The second-order valence-electron chi connectivity index (χ2n) is 6.61. The molecule has 1 unspecified atom stereocenters. The first kappa shape index (κ1) is 15.9. The maximum atomic E-state index is 14.3. The Bertz CT molecular complexity index is 823. The zero-order valence-corrected chi connectivity index (χ0v) is 13.5. The van der Waals surface area contributed by atoms with Crippen LogP contribution in [0.15, 0.2) is 29.5 Å². The fourth-order valence-corrected chi connectivity index (χ4v) is 5.17. The molecule has 0 spiro atoms. The topological polar surface area (TPSA) is 64.8 Å². The standard InChI is InChI=1S/C15H16F3N3O2S/c16-11-6-12(9-4-2-1-3-5-9)21-13(11)19-14(20-21)24(22,23)10-7-15(17,18)8-10/h1-4,9-12H,5-8H2/t9?,11-,12-/m0/s1. The number of nitrogens with zero attached hydrogens (tertiary/aromatic N) is 3. The lowest BCUT2D eigenvalue weighted by molar-refractivity contribution is -0.0686. The summed E-state index contributed by atoms with van der Waals surface area (Å²) in [5.41, 5.74) is 0. The van der Waals surface area contributed by atoms with Crippen LogP contribution in [0.25, 0.3) is 0 Å². The second kappa shape index (κ2) is 5.18. The molecular weight excluding hydrogens is 343 g/mol. The van der Waals surface area contributed by atoms with Gasteiger partial charge in [0.2, 0.25) is 9.84 Å². The summed E-state index contributed by atoms with van der Waals surface area (Å²) in [4.78, 5) is 3.84. The van der Waals surface area contributed by atoms with E-state index < -0.39 is 45.2 Å². The average Bonchev–Trinajstić information content (AvgIpc) is 3.07. The van der Waals surface area contributed by atoms with Crippen molar-refractivity contribution >= 4 is 9.84 Å². The number of alkyl halides is 3. The van der Waals surface area contributed by atoms with E-state index in [0.29, 0.717) is 6.42 Å². The lowest BCUT2D eigenvalue weighted by atomic mass is 9.91. The minimum Gasteiger partial charge on any atom is -0.242 e. The molecule has 1 saturated carbocycles. The first-order valence-electron chi connectivity index (χ1n) is 7.83. The first-order valence-corrected chi connectivity index (χ1v) is 9.38. The van der Waals surface area contributed by atoms with Gasteiger partial charge in [-0.05, 0) is 6.42 Å². The average molecular weight is 359 g/mol. The molecule has 0 N–H and O–H groups in total. The Morgan fingerprint density at radius 3 is 2.62 bits per heavy atom. The van der Waals surface area contributed by atoms with Crippen LogP contribution < -0.4 is 0 Å². The highest BCUT2D eigenvalue weighted by Crippen LogP contribution is 2.45. The van der Waals surface area contributed by atoms with Crippen LogP contribution in [-0.2, 0) is 9.84 Å². The van der Waals surface area contributed by atoms with Crippen molar-refractivity contribution in [1.82, 2.24) is 14.8 Å². The summed E-state index contributed by atoms with van der Waals surface area (Å²) in [6.45, 7) is 0. The molecule has 0 radical (unpaired) electrons. The van der Waals surface area contributed by atoms with Crippen LogP contribution >= 0.6 is 0 Å². The molecule has 3 aliphatic rings. The fourth-order valence-electron chi connectivity index (χ4n) is 3.53. The Labute approximate surface area is 137 Å². The molecule has 2 heterocycles. The number of allylic oxidation sites excluding steroid dienone is 4. The van der Waals surface area contributed by atoms with Gasteiger partial charge in [-0.3, -0.25) is 0 Å². The van der Waals surface area contributed by atoms with Crippen LogP contribution in [0, 0.1) is 5.92 Å². The lowest BCUT2D eigenvalue weighted by Gasteiger charge is -2.33. The van der Waals surface area contributed by atoms with E-state index in [-0.39, 0.29) is 24.2 Å². The van der Waals surface area contributed by atoms with Gasteiger partial charge in [0.05, 0.1) is 11.3 Å². The largest absolute Gasteiger partial charge is 0.267 e. The third-order valence-electron chi connectivity index (χ3n) is 4.93. The Balaban J connectivity index is 1.63. The summed E-state index contributed by atoms with van der Waals surface area (Å²) >= 11 is 0. The summed E-state index contributed by atoms with van der Waals surface area (Å²) in [7, 11) is -4.05. The molecule has 0 bridgehead atoms. The Morgan fingerprint density at radius 1 is 1.25 bits per heavy atom. The highest BCUT2D eigenvalue weighted by Gasteiger charge is 2.53. The van der Waals surface area contributed by atoms with Crippen LogP contribution in [0.3, 0.4) is 0 Å². The number of rotatable bonds is 3. The van der Waals surface area contributed by atoms with Gasteiger partial charge >= 0.3 is 0 Å². The minimum absolute atomic E-state index is 0.0137. The summed E-state index contributed by atoms with van der Waals surface area (Å²) in [5.74, 6) is -2.96. The first-order chi connectivity index (χ1) is 11.3. The molecular formula is C15H16F3N3O2S. The van der Waals surface area contributed by atoms with E-state index in [1.807, 2.05) is 24.3 Å². The number of hydrogen-bond acceptors (Lipinski definition) is 4. The molecule has 0 amide bonds. The molecule has 1 aromatic rings. The molecule has 1 fully saturated rings. The SMILES string of the molecule is O=S(=O)(c1nc2n(n1)[C@H](C1C=CC=CC1)C[C@@H]2F)C1CC(F)(F)C1. The Morgan fingerprint density at radius 2 is 2.00 bits per heavy atom. The Kier molecular flexibility index (Phi) is 3.42. The van der Waals surface area contributed by atoms with Crippen LogP contribution in [0.4, 0.5) is 13.2 Å². The predicted octanol–water partition coefficient (Wildman–Crippen LogP) is 2.94. The molecule has 9 heteroatoms. The van der Waals surface area contributed by atoms with E-state index in [1.54, 1.807) is 0 Å². The van der Waals surface area contributed by atoms with Crippen molar-refractivity contribution < 1.29 is 21.6 Å². The van der Waals surface area contributed by atoms with Gasteiger partial charge in [0.1, 0.15) is 0 Å². The third-order valence-corrected chi connectivity index (χ3v) is 6.83. The highest BCUT2D eigenvalue weighted by molar-refractivity contribution is 7.91. The second-order valence-corrected chi connectivity index (χ2v) is 8.73. The van der Waals surface area contributed by atoms with Gasteiger partial charge in [0.25, 0.3) is 11.1 Å². The number of sulfone groups is 1. The quantitative estimate of drug-likeness (QED) is 0.832. The third kappa shape index (κ3) is 2.40. The molecule has 24 heavy (non-hydrogen) atoms. The molecule has 3 atom stereocenters. The lowest BCUT2D eigenvalue weighted by Crippen LogP contribution is -2.44. The molecule has 4 rings (SSSR count). The van der Waals surface area contributed by atoms with Crippen LogP contribution in [-0.4, -0.2) is 34.4 Å². The van der Waals surface area contributed by atoms with Gasteiger partial charge in [0, 0.05) is 25.2 Å². The van der Waals surface area contributed by atoms with E-state index in [1.165, 1.54) is 4.68 Å². The molecule has 0 saturated heterocycles. The van der Waals surface area contributed by atoms with Gasteiger partial charge < -0.3 is 0 Å². The molecule has 1 aliphatic heterocycles. The van der Waals surface area contributed by atoms with Gasteiger partial charge in [-0.1, -0.05) is 24.3 Å². The van der Waals surface area contributed by atoms with E-state index in [2.05, 4.69) is 10.1 Å². The van der Waals surface area contributed by atoms with Gasteiger partial charge in [-0.25, -0.2) is 26.3 Å². The fraction of sp³-hybridized carbons (Fsp3) is 0.600. The summed E-state index contributed by atoms with van der Waals surface area (Å²) < 4.78 is 66.3. The van der Waals surface area contributed by atoms with E-state index >= 15 is 0 Å². The smallest absolute Gasteiger partial charge is 0.242 e. The van der Waals surface area contributed by atoms with Crippen molar-refractivity contribution in [3.63, 3.8) is 0 Å². The van der Waals surface area contributed by atoms with Crippen LogP contribution in [0.2, 0.25) is 0 Å². The molecule has 5 nitrogen and oxygen atoms in total. The summed E-state index contributed by atoms with van der Waals surface area (Å²) in [6, 6.07) is -0.310. The van der Waals surface area contributed by atoms with E-state index in [4.69, 9.17) is 0 Å². The zero-order valence-electron chi connectivity index (χ0n) is 12.6. The van der Waals surface area contributed by atoms with Crippen LogP contribution in [0.1, 0.15) is 43.7 Å². The molecule has 0 aromatic carbocycles. The van der Waals surface area contributed by atoms with Crippen molar-refractivity contribution in [2.75, 3.05) is 0 Å². The Hall–Kier alpha value is -1.64. The normalized spacial score (nSPS) is 31.9.